The molecular weight excluding hydrogens is 395 g/mol. The van der Waals surface area contributed by atoms with E-state index in [9.17, 15) is 17.6 Å². The van der Waals surface area contributed by atoms with Crippen molar-refractivity contribution in [2.45, 2.75) is 25.2 Å². The number of anilines is 1. The van der Waals surface area contributed by atoms with Crippen LogP contribution in [0, 0.1) is 11.7 Å². The number of hydrogen-bond acceptors (Lipinski definition) is 4. The van der Waals surface area contributed by atoms with Crippen LogP contribution in [0.3, 0.4) is 0 Å². The largest absolute Gasteiger partial charge is 0.380 e. The summed E-state index contributed by atoms with van der Waals surface area (Å²) in [5.41, 5.74) is 1.81. The molecule has 1 amide bonds. The molecule has 8 heteroatoms. The average molecular weight is 421 g/mol. The zero-order valence-electron chi connectivity index (χ0n) is 16.3. The molecule has 6 nitrogen and oxygen atoms in total. The van der Waals surface area contributed by atoms with E-state index in [-0.39, 0.29) is 36.2 Å². The summed E-state index contributed by atoms with van der Waals surface area (Å²) in [5, 5.41) is 2.90. The molecule has 1 saturated heterocycles. The van der Waals surface area contributed by atoms with Crippen LogP contribution in [-0.2, 0) is 31.9 Å². The van der Waals surface area contributed by atoms with Gasteiger partial charge in [0, 0.05) is 37.4 Å². The molecule has 1 fully saturated rings. The SMILES string of the molecule is COCc1cccc(NC(=O)C2CCN(S(=O)(=O)Cc3ccccc3F)CC2)c1. The summed E-state index contributed by atoms with van der Waals surface area (Å²) in [6.07, 6.45) is 0.861. The summed E-state index contributed by atoms with van der Waals surface area (Å²) in [5.74, 6) is -1.28. The highest BCUT2D eigenvalue weighted by Crippen LogP contribution is 2.24. The number of hydrogen-bond donors (Lipinski definition) is 1. The molecule has 0 aromatic heterocycles. The number of nitrogens with zero attached hydrogens (tertiary/aromatic N) is 1. The summed E-state index contributed by atoms with van der Waals surface area (Å²) in [4.78, 5) is 12.6. The summed E-state index contributed by atoms with van der Waals surface area (Å²) < 4.78 is 45.5. The van der Waals surface area contributed by atoms with Crippen molar-refractivity contribution in [3.8, 4) is 0 Å². The number of rotatable bonds is 7. The summed E-state index contributed by atoms with van der Waals surface area (Å²) in [6.45, 7) is 0.957. The number of sulfonamides is 1. The quantitative estimate of drug-likeness (QED) is 0.747. The van der Waals surface area contributed by atoms with Crippen molar-refractivity contribution in [2.24, 2.45) is 5.92 Å². The smallest absolute Gasteiger partial charge is 0.227 e. The van der Waals surface area contributed by atoms with Gasteiger partial charge >= 0.3 is 0 Å². The zero-order valence-corrected chi connectivity index (χ0v) is 17.1. The van der Waals surface area contributed by atoms with Crippen molar-refractivity contribution in [1.29, 1.82) is 0 Å². The van der Waals surface area contributed by atoms with Crippen LogP contribution in [-0.4, -0.2) is 38.8 Å². The molecule has 0 saturated carbocycles. The Labute approximate surface area is 170 Å². The van der Waals surface area contributed by atoms with E-state index in [1.165, 1.54) is 22.5 Å². The number of methoxy groups -OCH3 is 1. The van der Waals surface area contributed by atoms with Gasteiger partial charge in [-0.25, -0.2) is 17.1 Å². The number of carbonyl (C=O) groups excluding carboxylic acids is 1. The second-order valence-electron chi connectivity index (χ2n) is 7.14. The minimum atomic E-state index is -3.63. The molecule has 2 aromatic carbocycles. The molecule has 0 radical (unpaired) electrons. The number of halogens is 1. The summed E-state index contributed by atoms with van der Waals surface area (Å²) in [6, 6.07) is 13.3. The van der Waals surface area contributed by atoms with E-state index in [1.807, 2.05) is 24.3 Å². The van der Waals surface area contributed by atoms with E-state index in [4.69, 9.17) is 4.74 Å². The Hall–Kier alpha value is -2.29. The standard InChI is InChI=1S/C21H25FN2O4S/c1-28-14-16-5-4-7-19(13-16)23-21(25)17-9-11-24(12-10-17)29(26,27)15-18-6-2-3-8-20(18)22/h2-8,13,17H,9-12,14-15H2,1H3,(H,23,25). The minimum Gasteiger partial charge on any atom is -0.380 e. The van der Waals surface area contributed by atoms with Gasteiger partial charge in [-0.15, -0.1) is 0 Å². The fraction of sp³-hybridized carbons (Fsp3) is 0.381. The highest BCUT2D eigenvalue weighted by atomic mass is 32.2. The normalized spacial score (nSPS) is 15.9. The Morgan fingerprint density at radius 2 is 1.90 bits per heavy atom. The first kappa shape index (κ1) is 21.4. The van der Waals surface area contributed by atoms with Gasteiger partial charge in [0.15, 0.2) is 0 Å². The van der Waals surface area contributed by atoms with Gasteiger partial charge in [0.1, 0.15) is 5.82 Å². The van der Waals surface area contributed by atoms with Crippen molar-refractivity contribution < 1.29 is 22.3 Å². The topological polar surface area (TPSA) is 75.7 Å². The average Bonchev–Trinajstić information content (AvgIpc) is 2.70. The van der Waals surface area contributed by atoms with E-state index >= 15 is 0 Å². The van der Waals surface area contributed by atoms with Crippen molar-refractivity contribution >= 4 is 21.6 Å². The molecule has 0 unspecified atom stereocenters. The summed E-state index contributed by atoms with van der Waals surface area (Å²) >= 11 is 0. The molecule has 3 rings (SSSR count). The third-order valence-electron chi connectivity index (χ3n) is 5.02. The predicted octanol–water partition coefficient (Wildman–Crippen LogP) is 3.15. The van der Waals surface area contributed by atoms with E-state index in [1.54, 1.807) is 13.2 Å². The van der Waals surface area contributed by atoms with Gasteiger partial charge in [0.25, 0.3) is 0 Å². The zero-order chi connectivity index (χ0) is 20.9. The van der Waals surface area contributed by atoms with E-state index in [0.717, 1.165) is 5.56 Å². The highest BCUT2D eigenvalue weighted by molar-refractivity contribution is 7.88. The Balaban J connectivity index is 1.56. The number of piperidine rings is 1. The Kier molecular flexibility index (Phi) is 7.00. The molecule has 0 atom stereocenters. The second kappa shape index (κ2) is 9.47. The maximum atomic E-state index is 13.8. The van der Waals surface area contributed by atoms with Gasteiger partial charge in [-0.1, -0.05) is 30.3 Å². The molecule has 2 aromatic rings. The van der Waals surface area contributed by atoms with E-state index < -0.39 is 15.8 Å². The molecule has 0 aliphatic carbocycles. The fourth-order valence-electron chi connectivity index (χ4n) is 3.45. The first-order valence-corrected chi connectivity index (χ1v) is 11.1. The van der Waals surface area contributed by atoms with Crippen molar-refractivity contribution in [3.63, 3.8) is 0 Å². The minimum absolute atomic E-state index is 0.120. The van der Waals surface area contributed by atoms with Crippen molar-refractivity contribution in [2.75, 3.05) is 25.5 Å². The molecule has 29 heavy (non-hydrogen) atoms. The van der Waals surface area contributed by atoms with Gasteiger partial charge < -0.3 is 10.1 Å². The molecule has 1 N–H and O–H groups in total. The number of ether oxygens (including phenoxy) is 1. The molecule has 1 aliphatic rings. The van der Waals surface area contributed by atoms with Gasteiger partial charge in [-0.3, -0.25) is 4.79 Å². The molecular formula is C21H25FN2O4S. The number of nitrogens with one attached hydrogen (secondary N) is 1. The predicted molar refractivity (Wildman–Crippen MR) is 109 cm³/mol. The lowest BCUT2D eigenvalue weighted by Crippen LogP contribution is -2.42. The van der Waals surface area contributed by atoms with Crippen LogP contribution in [0.15, 0.2) is 48.5 Å². The van der Waals surface area contributed by atoms with Crippen LogP contribution >= 0.6 is 0 Å². The first-order valence-electron chi connectivity index (χ1n) is 9.49. The van der Waals surface area contributed by atoms with Gasteiger partial charge in [0.2, 0.25) is 15.9 Å². The van der Waals surface area contributed by atoms with E-state index in [0.29, 0.717) is 25.1 Å². The lowest BCUT2D eigenvalue weighted by atomic mass is 9.97. The number of carbonyl (C=O) groups is 1. The lowest BCUT2D eigenvalue weighted by Gasteiger charge is -2.30. The molecule has 1 aliphatic heterocycles. The highest BCUT2D eigenvalue weighted by Gasteiger charge is 2.31. The molecule has 0 spiro atoms. The van der Waals surface area contributed by atoms with Crippen LogP contribution in [0.25, 0.3) is 0 Å². The van der Waals surface area contributed by atoms with Crippen LogP contribution in [0.4, 0.5) is 10.1 Å². The third-order valence-corrected chi connectivity index (χ3v) is 6.85. The summed E-state index contributed by atoms with van der Waals surface area (Å²) in [7, 11) is -2.02. The molecule has 0 bridgehead atoms. The Morgan fingerprint density at radius 1 is 1.17 bits per heavy atom. The Bertz CT molecular complexity index is 957. The third kappa shape index (κ3) is 5.62. The van der Waals surface area contributed by atoms with Gasteiger partial charge in [-0.2, -0.15) is 0 Å². The van der Waals surface area contributed by atoms with Crippen molar-refractivity contribution in [3.05, 3.63) is 65.5 Å². The van der Waals surface area contributed by atoms with Crippen molar-refractivity contribution in [1.82, 2.24) is 4.31 Å². The number of benzene rings is 2. The monoisotopic (exact) mass is 420 g/mol. The Morgan fingerprint density at radius 3 is 2.59 bits per heavy atom. The van der Waals surface area contributed by atoms with E-state index in [2.05, 4.69) is 5.32 Å². The fourth-order valence-corrected chi connectivity index (χ4v) is 5.03. The van der Waals surface area contributed by atoms with Crippen LogP contribution in [0.2, 0.25) is 0 Å². The lowest BCUT2D eigenvalue weighted by molar-refractivity contribution is -0.120. The van der Waals surface area contributed by atoms with Gasteiger partial charge in [0.05, 0.1) is 12.4 Å². The second-order valence-corrected chi connectivity index (χ2v) is 9.11. The van der Waals surface area contributed by atoms with Crippen LogP contribution < -0.4 is 5.32 Å². The maximum absolute atomic E-state index is 13.8. The molecule has 156 valence electrons. The maximum Gasteiger partial charge on any atom is 0.227 e. The molecule has 1 heterocycles. The van der Waals surface area contributed by atoms with Crippen LogP contribution in [0.5, 0.6) is 0 Å². The number of amides is 1. The first-order chi connectivity index (χ1) is 13.9. The van der Waals surface area contributed by atoms with Crippen LogP contribution in [0.1, 0.15) is 24.0 Å². The van der Waals surface area contributed by atoms with Gasteiger partial charge in [-0.05, 0) is 36.6 Å².